The highest BCUT2D eigenvalue weighted by atomic mass is 16.5. The van der Waals surface area contributed by atoms with Crippen molar-refractivity contribution in [2.45, 2.75) is 32.3 Å². The summed E-state index contributed by atoms with van der Waals surface area (Å²) in [5, 5.41) is 19.4. The lowest BCUT2D eigenvalue weighted by atomic mass is 9.80. The molecule has 1 heterocycles. The Balaban J connectivity index is 2.08. The lowest BCUT2D eigenvalue weighted by molar-refractivity contribution is 0.0463. The van der Waals surface area contributed by atoms with Gasteiger partial charge in [-0.05, 0) is 12.5 Å². The number of hydrogen-bond donors (Lipinski definition) is 2. The first-order valence-electron chi connectivity index (χ1n) is 7.02. The number of phenols is 2. The Kier molecular flexibility index (Phi) is 3.29. The van der Waals surface area contributed by atoms with Crippen LogP contribution in [0.2, 0.25) is 0 Å². The first-order valence-corrected chi connectivity index (χ1v) is 7.02. The zero-order valence-electron chi connectivity index (χ0n) is 11.7. The fourth-order valence-corrected chi connectivity index (χ4v) is 2.98. The van der Waals surface area contributed by atoms with E-state index in [1.54, 1.807) is 0 Å². The summed E-state index contributed by atoms with van der Waals surface area (Å²) < 4.78 is 5.62. The van der Waals surface area contributed by atoms with Crippen LogP contribution in [0.5, 0.6) is 11.5 Å². The topological polar surface area (TPSA) is 83.8 Å². The molecule has 3 rings (SSSR count). The van der Waals surface area contributed by atoms with Crippen LogP contribution in [-0.4, -0.2) is 34.5 Å². The van der Waals surface area contributed by atoms with E-state index >= 15 is 0 Å². The van der Waals surface area contributed by atoms with Crippen molar-refractivity contribution in [2.75, 3.05) is 6.61 Å². The molecule has 1 aromatic carbocycles. The number of hydrogen-bond acceptors (Lipinski definition) is 5. The van der Waals surface area contributed by atoms with Crippen molar-refractivity contribution in [3.05, 3.63) is 34.4 Å². The standard InChI is InChI=1S/C16H16O5/c1-2-3-9-6-10-12(7-21-9)16(20)14-11(15(10)19)4-8(17)5-13(14)18/h4-5,9,17-18H,2-3,6-7H2,1H3/t9-/m0/s1. The maximum atomic E-state index is 12.6. The maximum Gasteiger partial charge on any atom is 0.196 e. The number of carbonyl (C=O) groups is 2. The van der Waals surface area contributed by atoms with E-state index in [2.05, 4.69) is 0 Å². The Labute approximate surface area is 121 Å². The fraction of sp³-hybridized carbons (Fsp3) is 0.375. The van der Waals surface area contributed by atoms with Crippen molar-refractivity contribution in [1.29, 1.82) is 0 Å². The van der Waals surface area contributed by atoms with Gasteiger partial charge in [-0.2, -0.15) is 0 Å². The van der Waals surface area contributed by atoms with Gasteiger partial charge >= 0.3 is 0 Å². The molecular formula is C16H16O5. The van der Waals surface area contributed by atoms with Gasteiger partial charge in [-0.15, -0.1) is 0 Å². The summed E-state index contributed by atoms with van der Waals surface area (Å²) in [5.74, 6) is -1.28. The molecule has 1 atom stereocenters. The van der Waals surface area contributed by atoms with Gasteiger partial charge in [0.2, 0.25) is 0 Å². The smallest absolute Gasteiger partial charge is 0.196 e. The molecule has 1 aromatic rings. The second-order valence-electron chi connectivity index (χ2n) is 5.43. The van der Waals surface area contributed by atoms with E-state index in [0.29, 0.717) is 17.6 Å². The van der Waals surface area contributed by atoms with Crippen molar-refractivity contribution in [3.63, 3.8) is 0 Å². The number of benzene rings is 1. The van der Waals surface area contributed by atoms with Crippen LogP contribution in [0.25, 0.3) is 0 Å². The van der Waals surface area contributed by atoms with E-state index in [0.717, 1.165) is 18.9 Å². The van der Waals surface area contributed by atoms with Crippen LogP contribution in [0.15, 0.2) is 23.3 Å². The molecule has 5 heteroatoms. The van der Waals surface area contributed by atoms with E-state index in [1.807, 2.05) is 6.92 Å². The first-order chi connectivity index (χ1) is 10.0. The number of carbonyl (C=O) groups excluding carboxylic acids is 2. The lowest BCUT2D eigenvalue weighted by Crippen LogP contribution is -2.32. The van der Waals surface area contributed by atoms with Gasteiger partial charge in [-0.3, -0.25) is 9.59 Å². The SMILES string of the molecule is CCC[C@H]1CC2=C(CO1)C(=O)c1c(O)cc(O)cc1C2=O. The minimum absolute atomic E-state index is 0.0332. The van der Waals surface area contributed by atoms with Crippen molar-refractivity contribution >= 4 is 11.6 Å². The van der Waals surface area contributed by atoms with Gasteiger partial charge in [-0.25, -0.2) is 0 Å². The average Bonchev–Trinajstić information content (AvgIpc) is 2.44. The maximum absolute atomic E-state index is 12.6. The highest BCUT2D eigenvalue weighted by Gasteiger charge is 2.38. The average molecular weight is 288 g/mol. The number of ether oxygens (including phenoxy) is 1. The highest BCUT2D eigenvalue weighted by molar-refractivity contribution is 6.28. The molecule has 21 heavy (non-hydrogen) atoms. The third-order valence-corrected chi connectivity index (χ3v) is 3.99. The van der Waals surface area contributed by atoms with Gasteiger partial charge in [0.05, 0.1) is 18.3 Å². The van der Waals surface area contributed by atoms with Crippen LogP contribution >= 0.6 is 0 Å². The van der Waals surface area contributed by atoms with Gasteiger partial charge in [0.15, 0.2) is 11.6 Å². The molecule has 0 aromatic heterocycles. The molecular weight excluding hydrogens is 272 g/mol. The predicted molar refractivity (Wildman–Crippen MR) is 74.7 cm³/mol. The van der Waals surface area contributed by atoms with Crippen LogP contribution < -0.4 is 0 Å². The molecule has 2 aliphatic rings. The van der Waals surface area contributed by atoms with Gasteiger partial charge in [0.25, 0.3) is 0 Å². The van der Waals surface area contributed by atoms with Crippen molar-refractivity contribution in [3.8, 4) is 11.5 Å². The van der Waals surface area contributed by atoms with Gasteiger partial charge in [-0.1, -0.05) is 13.3 Å². The predicted octanol–water partition coefficient (Wildman–Crippen LogP) is 2.36. The summed E-state index contributed by atoms with van der Waals surface area (Å²) in [7, 11) is 0. The number of fused-ring (bicyclic) bond motifs is 1. The lowest BCUT2D eigenvalue weighted by Gasteiger charge is -2.30. The Morgan fingerprint density at radius 2 is 1.95 bits per heavy atom. The number of ketones is 2. The molecule has 5 nitrogen and oxygen atoms in total. The van der Waals surface area contributed by atoms with Crippen LogP contribution in [-0.2, 0) is 4.74 Å². The summed E-state index contributed by atoms with van der Waals surface area (Å²) in [6.07, 6.45) is 2.12. The molecule has 0 radical (unpaired) electrons. The van der Waals surface area contributed by atoms with Crippen LogP contribution in [0.3, 0.4) is 0 Å². The van der Waals surface area contributed by atoms with Gasteiger partial charge < -0.3 is 14.9 Å². The molecule has 0 unspecified atom stereocenters. The molecule has 0 saturated carbocycles. The summed E-state index contributed by atoms with van der Waals surface area (Å²) in [5.41, 5.74) is 0.838. The van der Waals surface area contributed by atoms with E-state index < -0.39 is 0 Å². The Morgan fingerprint density at radius 3 is 2.67 bits per heavy atom. The van der Waals surface area contributed by atoms with Crippen molar-refractivity contribution < 1.29 is 24.5 Å². The molecule has 0 spiro atoms. The quantitative estimate of drug-likeness (QED) is 0.872. The number of rotatable bonds is 2. The minimum atomic E-state index is -0.382. The molecule has 2 N–H and O–H groups in total. The second kappa shape index (κ2) is 5.00. The monoisotopic (exact) mass is 288 g/mol. The van der Waals surface area contributed by atoms with Crippen LogP contribution in [0.4, 0.5) is 0 Å². The van der Waals surface area contributed by atoms with E-state index in [4.69, 9.17) is 4.74 Å². The third kappa shape index (κ3) is 2.14. The first kappa shape index (κ1) is 13.8. The minimum Gasteiger partial charge on any atom is -0.508 e. The van der Waals surface area contributed by atoms with E-state index in [1.165, 1.54) is 6.07 Å². The largest absolute Gasteiger partial charge is 0.508 e. The molecule has 0 amide bonds. The van der Waals surface area contributed by atoms with Gasteiger partial charge in [0.1, 0.15) is 11.5 Å². The molecule has 1 aliphatic heterocycles. The van der Waals surface area contributed by atoms with E-state index in [9.17, 15) is 19.8 Å². The molecule has 110 valence electrons. The highest BCUT2D eigenvalue weighted by Crippen LogP contribution is 2.38. The van der Waals surface area contributed by atoms with E-state index in [-0.39, 0.29) is 46.9 Å². The molecule has 0 fully saturated rings. The van der Waals surface area contributed by atoms with Crippen molar-refractivity contribution in [2.24, 2.45) is 0 Å². The van der Waals surface area contributed by atoms with Crippen LogP contribution in [0, 0.1) is 0 Å². The summed E-state index contributed by atoms with van der Waals surface area (Å²) in [6, 6.07) is 2.31. The normalized spacial score (nSPS) is 21.3. The number of phenolic OH excluding ortho intramolecular Hbond substituents is 2. The molecule has 0 saturated heterocycles. The summed E-state index contributed by atoms with van der Waals surface area (Å²) in [4.78, 5) is 25.0. The zero-order valence-corrected chi connectivity index (χ0v) is 11.7. The Morgan fingerprint density at radius 1 is 1.19 bits per heavy atom. The summed E-state index contributed by atoms with van der Waals surface area (Å²) in [6.45, 7) is 2.14. The summed E-state index contributed by atoms with van der Waals surface area (Å²) >= 11 is 0. The zero-order chi connectivity index (χ0) is 15.1. The molecule has 0 bridgehead atoms. The van der Waals surface area contributed by atoms with Crippen LogP contribution in [0.1, 0.15) is 46.9 Å². The third-order valence-electron chi connectivity index (χ3n) is 3.99. The second-order valence-corrected chi connectivity index (χ2v) is 5.43. The Hall–Kier alpha value is -2.14. The fourth-order valence-electron chi connectivity index (χ4n) is 2.98. The molecule has 1 aliphatic carbocycles. The van der Waals surface area contributed by atoms with Crippen molar-refractivity contribution in [1.82, 2.24) is 0 Å². The number of Topliss-reactive ketones (excluding diaryl/α,β-unsaturated/α-hetero) is 2. The Bertz CT molecular complexity index is 671. The number of aromatic hydroxyl groups is 2. The van der Waals surface area contributed by atoms with Gasteiger partial charge in [0, 0.05) is 29.2 Å².